The maximum absolute atomic E-state index is 10.6. The van der Waals surface area contributed by atoms with E-state index in [1.807, 2.05) is 24.3 Å². The molecule has 1 unspecified atom stereocenters. The molecule has 0 bridgehead atoms. The van der Waals surface area contributed by atoms with Crippen LogP contribution in [0.25, 0.3) is 0 Å². The van der Waals surface area contributed by atoms with Gasteiger partial charge in [0.15, 0.2) is 0 Å². The Morgan fingerprint density at radius 3 is 2.00 bits per heavy atom. The van der Waals surface area contributed by atoms with Crippen LogP contribution >= 0.6 is 0 Å². The first-order valence-corrected chi connectivity index (χ1v) is 6.61. The summed E-state index contributed by atoms with van der Waals surface area (Å²) >= 11 is 0. The van der Waals surface area contributed by atoms with Crippen LogP contribution in [0.3, 0.4) is 0 Å². The predicted molar refractivity (Wildman–Crippen MR) is 78.3 cm³/mol. The predicted octanol–water partition coefficient (Wildman–Crippen LogP) is 3.50. The molecule has 1 atom stereocenters. The lowest BCUT2D eigenvalue weighted by Crippen LogP contribution is -2.08. The lowest BCUT2D eigenvalue weighted by Gasteiger charge is -2.10. The van der Waals surface area contributed by atoms with Gasteiger partial charge in [0, 0.05) is 11.6 Å². The lowest BCUT2D eigenvalue weighted by molar-refractivity contribution is 0.112. The second-order valence-corrected chi connectivity index (χ2v) is 4.79. The molecule has 0 aliphatic carbocycles. The van der Waals surface area contributed by atoms with Gasteiger partial charge < -0.3 is 5.73 Å². The van der Waals surface area contributed by atoms with Crippen LogP contribution in [0.1, 0.15) is 46.4 Å². The summed E-state index contributed by atoms with van der Waals surface area (Å²) in [5.41, 5.74) is 10.4. The zero-order chi connectivity index (χ0) is 13.7. The summed E-state index contributed by atoms with van der Waals surface area (Å²) in [5, 5.41) is 0. The molecule has 0 saturated heterocycles. The number of aldehydes is 1. The molecule has 0 radical (unpaired) electrons. The van der Waals surface area contributed by atoms with Crippen molar-refractivity contribution in [3.8, 4) is 0 Å². The minimum Gasteiger partial charge on any atom is -0.324 e. The van der Waals surface area contributed by atoms with Crippen molar-refractivity contribution in [2.45, 2.75) is 25.8 Å². The molecule has 0 fully saturated rings. The highest BCUT2D eigenvalue weighted by Gasteiger charge is 2.03. The molecule has 2 aromatic rings. The average molecular weight is 253 g/mol. The van der Waals surface area contributed by atoms with E-state index in [0.717, 1.165) is 19.1 Å². The van der Waals surface area contributed by atoms with Gasteiger partial charge in [0.2, 0.25) is 0 Å². The second kappa shape index (κ2) is 6.30. The van der Waals surface area contributed by atoms with Gasteiger partial charge >= 0.3 is 0 Å². The van der Waals surface area contributed by atoms with Crippen LogP contribution < -0.4 is 5.73 Å². The molecule has 0 saturated carbocycles. The molecule has 2 N–H and O–H groups in total. The quantitative estimate of drug-likeness (QED) is 0.829. The van der Waals surface area contributed by atoms with Crippen LogP contribution in [-0.4, -0.2) is 6.29 Å². The maximum atomic E-state index is 10.6. The molecular formula is C17H19NO. The number of rotatable bonds is 5. The molecule has 0 spiro atoms. The third kappa shape index (κ3) is 3.52. The molecule has 19 heavy (non-hydrogen) atoms. The number of hydrogen-bond acceptors (Lipinski definition) is 2. The van der Waals surface area contributed by atoms with Gasteiger partial charge in [-0.25, -0.2) is 0 Å². The highest BCUT2D eigenvalue weighted by atomic mass is 16.1. The molecule has 0 heterocycles. The summed E-state index contributed by atoms with van der Waals surface area (Å²) in [7, 11) is 0. The Hall–Kier alpha value is -1.93. The van der Waals surface area contributed by atoms with Gasteiger partial charge in [0.05, 0.1) is 0 Å². The summed E-state index contributed by atoms with van der Waals surface area (Å²) in [6.07, 6.45) is 2.69. The minimum atomic E-state index is 0.126. The standard InChI is InChI=1S/C17H19NO/c1-2-17(18)16-9-7-14(8-10-16)11-13-3-5-15(12-19)6-4-13/h3-10,12,17H,2,11,18H2,1H3. The normalized spacial score (nSPS) is 12.1. The van der Waals surface area contributed by atoms with E-state index in [1.165, 1.54) is 16.7 Å². The van der Waals surface area contributed by atoms with Crippen molar-refractivity contribution in [2.75, 3.05) is 0 Å². The van der Waals surface area contributed by atoms with E-state index >= 15 is 0 Å². The van der Waals surface area contributed by atoms with Gasteiger partial charge in [-0.3, -0.25) is 4.79 Å². The molecule has 2 heteroatoms. The van der Waals surface area contributed by atoms with Crippen LogP contribution in [-0.2, 0) is 6.42 Å². The highest BCUT2D eigenvalue weighted by molar-refractivity contribution is 5.74. The number of benzene rings is 2. The zero-order valence-electron chi connectivity index (χ0n) is 11.2. The van der Waals surface area contributed by atoms with Crippen molar-refractivity contribution >= 4 is 6.29 Å². The smallest absolute Gasteiger partial charge is 0.150 e. The average Bonchev–Trinajstić information content (AvgIpc) is 2.48. The van der Waals surface area contributed by atoms with Crippen LogP contribution in [0.5, 0.6) is 0 Å². The van der Waals surface area contributed by atoms with Crippen molar-refractivity contribution in [2.24, 2.45) is 5.73 Å². The molecule has 0 aliphatic rings. The topological polar surface area (TPSA) is 43.1 Å². The fourth-order valence-electron chi connectivity index (χ4n) is 2.07. The van der Waals surface area contributed by atoms with E-state index in [1.54, 1.807) is 0 Å². The van der Waals surface area contributed by atoms with Crippen LogP contribution in [0.2, 0.25) is 0 Å². The molecular weight excluding hydrogens is 234 g/mol. The number of nitrogens with two attached hydrogens (primary N) is 1. The number of hydrogen-bond donors (Lipinski definition) is 1. The molecule has 98 valence electrons. The van der Waals surface area contributed by atoms with E-state index < -0.39 is 0 Å². The SMILES string of the molecule is CCC(N)c1ccc(Cc2ccc(C=O)cc2)cc1. The van der Waals surface area contributed by atoms with Crippen molar-refractivity contribution < 1.29 is 4.79 Å². The van der Waals surface area contributed by atoms with Gasteiger partial charge in [-0.1, -0.05) is 55.5 Å². The Bertz CT molecular complexity index is 528. The van der Waals surface area contributed by atoms with Crippen molar-refractivity contribution in [1.82, 2.24) is 0 Å². The van der Waals surface area contributed by atoms with Gasteiger partial charge in [-0.2, -0.15) is 0 Å². The van der Waals surface area contributed by atoms with E-state index in [0.29, 0.717) is 5.56 Å². The van der Waals surface area contributed by atoms with Crippen LogP contribution in [0.4, 0.5) is 0 Å². The summed E-state index contributed by atoms with van der Waals surface area (Å²) in [4.78, 5) is 10.6. The monoisotopic (exact) mass is 253 g/mol. The summed E-state index contributed by atoms with van der Waals surface area (Å²) in [6.45, 7) is 2.09. The maximum Gasteiger partial charge on any atom is 0.150 e. The first kappa shape index (κ1) is 13.5. The summed E-state index contributed by atoms with van der Waals surface area (Å²) < 4.78 is 0. The largest absolute Gasteiger partial charge is 0.324 e. The Balaban J connectivity index is 2.08. The fraction of sp³-hybridized carbons (Fsp3) is 0.235. The zero-order valence-corrected chi connectivity index (χ0v) is 11.2. The molecule has 0 aromatic heterocycles. The minimum absolute atomic E-state index is 0.126. The van der Waals surface area contributed by atoms with Gasteiger partial charge in [0.25, 0.3) is 0 Å². The Labute approximate surface area is 114 Å². The van der Waals surface area contributed by atoms with Crippen LogP contribution in [0, 0.1) is 0 Å². The molecule has 2 aromatic carbocycles. The molecule has 2 nitrogen and oxygen atoms in total. The van der Waals surface area contributed by atoms with Crippen molar-refractivity contribution in [3.05, 3.63) is 70.8 Å². The highest BCUT2D eigenvalue weighted by Crippen LogP contribution is 2.16. The van der Waals surface area contributed by atoms with E-state index in [2.05, 4.69) is 31.2 Å². The summed E-state index contributed by atoms with van der Waals surface area (Å²) in [6, 6.07) is 16.3. The third-order valence-electron chi connectivity index (χ3n) is 3.37. The van der Waals surface area contributed by atoms with Crippen molar-refractivity contribution in [1.29, 1.82) is 0 Å². The number of carbonyl (C=O) groups excluding carboxylic acids is 1. The lowest BCUT2D eigenvalue weighted by atomic mass is 9.99. The van der Waals surface area contributed by atoms with Crippen molar-refractivity contribution in [3.63, 3.8) is 0 Å². The van der Waals surface area contributed by atoms with E-state index in [-0.39, 0.29) is 6.04 Å². The molecule has 2 rings (SSSR count). The third-order valence-corrected chi connectivity index (χ3v) is 3.37. The molecule has 0 amide bonds. The van der Waals surface area contributed by atoms with E-state index in [9.17, 15) is 4.79 Å². The Morgan fingerprint density at radius 1 is 1.00 bits per heavy atom. The number of carbonyl (C=O) groups is 1. The second-order valence-electron chi connectivity index (χ2n) is 4.79. The Morgan fingerprint density at radius 2 is 1.53 bits per heavy atom. The fourth-order valence-corrected chi connectivity index (χ4v) is 2.07. The van der Waals surface area contributed by atoms with E-state index in [4.69, 9.17) is 5.73 Å². The first-order valence-electron chi connectivity index (χ1n) is 6.61. The van der Waals surface area contributed by atoms with Gasteiger partial charge in [0.1, 0.15) is 6.29 Å². The van der Waals surface area contributed by atoms with Gasteiger partial charge in [-0.15, -0.1) is 0 Å². The summed E-state index contributed by atoms with van der Waals surface area (Å²) in [5.74, 6) is 0. The molecule has 0 aliphatic heterocycles. The van der Waals surface area contributed by atoms with Gasteiger partial charge in [-0.05, 0) is 29.5 Å². The first-order chi connectivity index (χ1) is 9.22. The Kier molecular flexibility index (Phi) is 4.48. The van der Waals surface area contributed by atoms with Crippen LogP contribution in [0.15, 0.2) is 48.5 Å².